The standard InChI is InChI=1S/C18H32N2O/c1-6-11-21-18-9-7-16(8-10-18)13-19-14-17(20(4)5)12-15(2)3/h7-10,15,17,19H,6,11-14H2,1-5H3. The van der Waals surface area contributed by atoms with Crippen molar-refractivity contribution in [2.45, 2.75) is 46.2 Å². The minimum atomic E-state index is 0.595. The minimum Gasteiger partial charge on any atom is -0.494 e. The van der Waals surface area contributed by atoms with Gasteiger partial charge in [-0.1, -0.05) is 32.9 Å². The summed E-state index contributed by atoms with van der Waals surface area (Å²) in [7, 11) is 4.32. The van der Waals surface area contributed by atoms with Crippen LogP contribution in [-0.2, 0) is 6.54 Å². The highest BCUT2D eigenvalue weighted by atomic mass is 16.5. The second-order valence-corrected chi connectivity index (χ2v) is 6.37. The number of hydrogen-bond donors (Lipinski definition) is 1. The lowest BCUT2D eigenvalue weighted by molar-refractivity contribution is 0.246. The van der Waals surface area contributed by atoms with Crippen LogP contribution in [0.15, 0.2) is 24.3 Å². The van der Waals surface area contributed by atoms with Crippen molar-refractivity contribution in [3.8, 4) is 5.75 Å². The number of rotatable bonds is 10. The van der Waals surface area contributed by atoms with Crippen molar-refractivity contribution in [2.75, 3.05) is 27.2 Å². The Hall–Kier alpha value is -1.06. The maximum Gasteiger partial charge on any atom is 0.119 e. The largest absolute Gasteiger partial charge is 0.494 e. The summed E-state index contributed by atoms with van der Waals surface area (Å²) >= 11 is 0. The predicted molar refractivity (Wildman–Crippen MR) is 90.9 cm³/mol. The van der Waals surface area contributed by atoms with Gasteiger partial charge in [-0.2, -0.15) is 0 Å². The molecule has 0 aliphatic heterocycles. The molecule has 1 rings (SSSR count). The Bertz CT molecular complexity index is 373. The minimum absolute atomic E-state index is 0.595. The van der Waals surface area contributed by atoms with Crippen molar-refractivity contribution in [2.24, 2.45) is 5.92 Å². The molecule has 0 fully saturated rings. The fraction of sp³-hybridized carbons (Fsp3) is 0.667. The van der Waals surface area contributed by atoms with Crippen LogP contribution in [0.5, 0.6) is 5.75 Å². The highest BCUT2D eigenvalue weighted by molar-refractivity contribution is 5.27. The average Bonchev–Trinajstić information content (AvgIpc) is 2.44. The third-order valence-corrected chi connectivity index (χ3v) is 3.58. The van der Waals surface area contributed by atoms with E-state index in [-0.39, 0.29) is 0 Å². The van der Waals surface area contributed by atoms with Gasteiger partial charge in [-0.15, -0.1) is 0 Å². The Labute approximate surface area is 130 Å². The molecular weight excluding hydrogens is 260 g/mol. The van der Waals surface area contributed by atoms with Gasteiger partial charge in [0.1, 0.15) is 5.75 Å². The maximum atomic E-state index is 5.60. The number of hydrogen-bond acceptors (Lipinski definition) is 3. The van der Waals surface area contributed by atoms with Crippen LogP contribution in [0.25, 0.3) is 0 Å². The summed E-state index contributed by atoms with van der Waals surface area (Å²) in [4.78, 5) is 2.31. The predicted octanol–water partition coefficient (Wildman–Crippen LogP) is 3.54. The quantitative estimate of drug-likeness (QED) is 0.714. The number of benzene rings is 1. The van der Waals surface area contributed by atoms with Crippen molar-refractivity contribution < 1.29 is 4.74 Å². The molecule has 1 aromatic carbocycles. The molecule has 1 unspecified atom stereocenters. The smallest absolute Gasteiger partial charge is 0.119 e. The molecule has 0 amide bonds. The highest BCUT2D eigenvalue weighted by Crippen LogP contribution is 2.13. The van der Waals surface area contributed by atoms with E-state index in [0.717, 1.165) is 37.8 Å². The molecule has 0 bridgehead atoms. The Morgan fingerprint density at radius 1 is 1.14 bits per heavy atom. The summed E-state index contributed by atoms with van der Waals surface area (Å²) in [6.07, 6.45) is 2.27. The second-order valence-electron chi connectivity index (χ2n) is 6.37. The molecular formula is C18H32N2O. The summed E-state index contributed by atoms with van der Waals surface area (Å²) in [5.41, 5.74) is 1.31. The Morgan fingerprint density at radius 3 is 2.33 bits per heavy atom. The average molecular weight is 292 g/mol. The van der Waals surface area contributed by atoms with Crippen molar-refractivity contribution in [3.05, 3.63) is 29.8 Å². The highest BCUT2D eigenvalue weighted by Gasteiger charge is 2.12. The van der Waals surface area contributed by atoms with Gasteiger partial charge < -0.3 is 15.0 Å². The zero-order chi connectivity index (χ0) is 15.7. The van der Waals surface area contributed by atoms with Gasteiger partial charge in [0.2, 0.25) is 0 Å². The first-order valence-electron chi connectivity index (χ1n) is 8.11. The number of nitrogens with zero attached hydrogens (tertiary/aromatic N) is 1. The topological polar surface area (TPSA) is 24.5 Å². The molecule has 0 radical (unpaired) electrons. The molecule has 3 heteroatoms. The Balaban J connectivity index is 2.36. The van der Waals surface area contributed by atoms with E-state index in [1.807, 2.05) is 0 Å². The van der Waals surface area contributed by atoms with Gasteiger partial charge in [-0.3, -0.25) is 0 Å². The molecule has 0 aliphatic rings. The van der Waals surface area contributed by atoms with Crippen LogP contribution < -0.4 is 10.1 Å². The van der Waals surface area contributed by atoms with Crippen molar-refractivity contribution >= 4 is 0 Å². The van der Waals surface area contributed by atoms with Crippen molar-refractivity contribution in [1.82, 2.24) is 10.2 Å². The summed E-state index contributed by atoms with van der Waals surface area (Å²) in [5, 5.41) is 3.57. The summed E-state index contributed by atoms with van der Waals surface area (Å²) < 4.78 is 5.60. The van der Waals surface area contributed by atoms with Crippen LogP contribution in [-0.4, -0.2) is 38.2 Å². The van der Waals surface area contributed by atoms with Crippen LogP contribution in [0.3, 0.4) is 0 Å². The molecule has 0 aliphatic carbocycles. The molecule has 0 saturated heterocycles. The maximum absolute atomic E-state index is 5.60. The lowest BCUT2D eigenvalue weighted by Crippen LogP contribution is -2.38. The molecule has 0 heterocycles. The first kappa shape index (κ1) is 18.0. The molecule has 0 saturated carbocycles. The van der Waals surface area contributed by atoms with Crippen molar-refractivity contribution in [3.63, 3.8) is 0 Å². The normalized spacial score (nSPS) is 12.9. The van der Waals surface area contributed by atoms with Crippen LogP contribution in [0.1, 0.15) is 39.2 Å². The number of likely N-dealkylation sites (N-methyl/N-ethyl adjacent to an activating group) is 1. The van der Waals surface area contributed by atoms with E-state index in [1.165, 1.54) is 12.0 Å². The SMILES string of the molecule is CCCOc1ccc(CNCC(CC(C)C)N(C)C)cc1. The third kappa shape index (κ3) is 7.49. The Kier molecular flexibility index (Phi) is 8.40. The van der Waals surface area contributed by atoms with E-state index in [2.05, 4.69) is 69.3 Å². The molecule has 3 nitrogen and oxygen atoms in total. The zero-order valence-electron chi connectivity index (χ0n) is 14.4. The van der Waals surface area contributed by atoms with Gasteiger partial charge >= 0.3 is 0 Å². The van der Waals surface area contributed by atoms with E-state index in [1.54, 1.807) is 0 Å². The van der Waals surface area contributed by atoms with Crippen LogP contribution in [0.4, 0.5) is 0 Å². The number of ether oxygens (including phenoxy) is 1. The van der Waals surface area contributed by atoms with E-state index in [4.69, 9.17) is 4.74 Å². The monoisotopic (exact) mass is 292 g/mol. The fourth-order valence-corrected chi connectivity index (χ4v) is 2.33. The fourth-order valence-electron chi connectivity index (χ4n) is 2.33. The van der Waals surface area contributed by atoms with Gasteiger partial charge in [-0.05, 0) is 50.6 Å². The molecule has 21 heavy (non-hydrogen) atoms. The molecule has 0 aromatic heterocycles. The summed E-state index contributed by atoms with van der Waals surface area (Å²) in [6.45, 7) is 9.42. The Morgan fingerprint density at radius 2 is 1.81 bits per heavy atom. The lowest BCUT2D eigenvalue weighted by atomic mass is 10.0. The van der Waals surface area contributed by atoms with Gasteiger partial charge in [0.15, 0.2) is 0 Å². The van der Waals surface area contributed by atoms with Gasteiger partial charge in [0.05, 0.1) is 6.61 Å². The van der Waals surface area contributed by atoms with Crippen LogP contribution in [0.2, 0.25) is 0 Å². The first-order chi connectivity index (χ1) is 10.0. The van der Waals surface area contributed by atoms with Gasteiger partial charge in [-0.25, -0.2) is 0 Å². The number of nitrogens with one attached hydrogen (secondary N) is 1. The second kappa shape index (κ2) is 9.80. The molecule has 120 valence electrons. The summed E-state index contributed by atoms with van der Waals surface area (Å²) in [6, 6.07) is 9.00. The molecule has 0 spiro atoms. The van der Waals surface area contributed by atoms with E-state index in [9.17, 15) is 0 Å². The summed E-state index contributed by atoms with van der Waals surface area (Å²) in [5.74, 6) is 1.70. The van der Waals surface area contributed by atoms with E-state index < -0.39 is 0 Å². The van der Waals surface area contributed by atoms with E-state index >= 15 is 0 Å². The third-order valence-electron chi connectivity index (χ3n) is 3.58. The molecule has 1 aromatic rings. The van der Waals surface area contributed by atoms with Gasteiger partial charge in [0.25, 0.3) is 0 Å². The molecule has 1 N–H and O–H groups in total. The van der Waals surface area contributed by atoms with Crippen LogP contribution >= 0.6 is 0 Å². The first-order valence-corrected chi connectivity index (χ1v) is 8.11. The molecule has 1 atom stereocenters. The lowest BCUT2D eigenvalue weighted by Gasteiger charge is -2.26. The van der Waals surface area contributed by atoms with Crippen LogP contribution in [0, 0.1) is 5.92 Å². The van der Waals surface area contributed by atoms with E-state index in [0.29, 0.717) is 6.04 Å². The zero-order valence-corrected chi connectivity index (χ0v) is 14.4. The van der Waals surface area contributed by atoms with Gasteiger partial charge in [0, 0.05) is 19.1 Å². The van der Waals surface area contributed by atoms with Crippen molar-refractivity contribution in [1.29, 1.82) is 0 Å².